The molecule has 0 saturated heterocycles. The number of nitrogens with zero attached hydrogens (tertiary/aromatic N) is 4. The first-order valence-corrected chi connectivity index (χ1v) is 15.8. The summed E-state index contributed by atoms with van der Waals surface area (Å²) in [6.07, 6.45) is 1.82. The number of rotatable bonds is 5. The molecule has 4 nitrogen and oxygen atoms in total. The number of pyridine rings is 1. The van der Waals surface area contributed by atoms with Gasteiger partial charge in [0.1, 0.15) is 0 Å². The number of fused-ring (bicyclic) bond motifs is 4. The second-order valence-corrected chi connectivity index (χ2v) is 11.7. The molecular formula is C43H28N4. The molecule has 9 aromatic rings. The molecule has 220 valence electrons. The molecule has 0 aliphatic heterocycles. The predicted molar refractivity (Wildman–Crippen MR) is 193 cm³/mol. The Morgan fingerprint density at radius 1 is 0.383 bits per heavy atom. The van der Waals surface area contributed by atoms with E-state index in [1.165, 1.54) is 21.8 Å². The highest BCUT2D eigenvalue weighted by atomic mass is 15.0. The molecule has 3 heterocycles. The van der Waals surface area contributed by atoms with Crippen LogP contribution in [0.3, 0.4) is 0 Å². The molecule has 4 heteroatoms. The Morgan fingerprint density at radius 2 is 0.979 bits per heavy atom. The van der Waals surface area contributed by atoms with E-state index in [1.807, 2.05) is 42.6 Å². The van der Waals surface area contributed by atoms with Crippen LogP contribution in [0.25, 0.3) is 83.4 Å². The molecule has 0 amide bonds. The standard InChI is InChI=1S/C43H28N4/c1-2-12-31(13-3-1)43-45-38(30-25-23-29(24-26-30)37-19-8-9-27-44-37)28-39(46-43)33-17-10-18-34-32(33)16-11-22-42(34)47-40-20-6-4-14-35(40)36-15-5-7-21-41(36)47/h1-28H. The minimum absolute atomic E-state index is 0.697. The van der Waals surface area contributed by atoms with E-state index in [0.717, 1.165) is 55.8 Å². The fourth-order valence-electron chi connectivity index (χ4n) is 6.69. The van der Waals surface area contributed by atoms with Crippen LogP contribution in [0.1, 0.15) is 0 Å². The number of benzene rings is 6. The van der Waals surface area contributed by atoms with Gasteiger partial charge in [0.2, 0.25) is 0 Å². The lowest BCUT2D eigenvalue weighted by Crippen LogP contribution is -1.98. The molecule has 47 heavy (non-hydrogen) atoms. The smallest absolute Gasteiger partial charge is 0.160 e. The summed E-state index contributed by atoms with van der Waals surface area (Å²) in [5, 5.41) is 4.80. The molecule has 0 fully saturated rings. The van der Waals surface area contributed by atoms with Crippen molar-refractivity contribution in [2.45, 2.75) is 0 Å². The van der Waals surface area contributed by atoms with Gasteiger partial charge >= 0.3 is 0 Å². The van der Waals surface area contributed by atoms with Gasteiger partial charge in [-0.05, 0) is 41.8 Å². The van der Waals surface area contributed by atoms with Crippen molar-refractivity contribution in [3.8, 4) is 50.8 Å². The van der Waals surface area contributed by atoms with Gasteiger partial charge in [0.05, 0.1) is 33.8 Å². The van der Waals surface area contributed by atoms with Gasteiger partial charge in [-0.1, -0.05) is 127 Å². The molecule has 0 atom stereocenters. The minimum Gasteiger partial charge on any atom is -0.309 e. The maximum atomic E-state index is 5.18. The fourth-order valence-corrected chi connectivity index (χ4v) is 6.69. The average molecular weight is 601 g/mol. The third-order valence-corrected chi connectivity index (χ3v) is 8.90. The van der Waals surface area contributed by atoms with Crippen LogP contribution in [0.5, 0.6) is 0 Å². The fraction of sp³-hybridized carbons (Fsp3) is 0. The maximum Gasteiger partial charge on any atom is 0.160 e. The van der Waals surface area contributed by atoms with E-state index in [4.69, 9.17) is 9.97 Å². The van der Waals surface area contributed by atoms with Crippen LogP contribution in [0.4, 0.5) is 0 Å². The normalized spacial score (nSPS) is 11.4. The van der Waals surface area contributed by atoms with Gasteiger partial charge in [0.15, 0.2) is 5.82 Å². The molecule has 6 aromatic carbocycles. The monoisotopic (exact) mass is 600 g/mol. The van der Waals surface area contributed by atoms with Gasteiger partial charge in [0, 0.05) is 44.6 Å². The Balaban J connectivity index is 1.24. The van der Waals surface area contributed by atoms with E-state index >= 15 is 0 Å². The van der Waals surface area contributed by atoms with Crippen LogP contribution < -0.4 is 0 Å². The van der Waals surface area contributed by atoms with Crippen LogP contribution >= 0.6 is 0 Å². The highest BCUT2D eigenvalue weighted by Crippen LogP contribution is 2.38. The molecular weight excluding hydrogens is 573 g/mol. The number of hydrogen-bond acceptors (Lipinski definition) is 3. The number of aromatic nitrogens is 4. The summed E-state index contributed by atoms with van der Waals surface area (Å²) in [6, 6.07) is 57.2. The second kappa shape index (κ2) is 11.2. The quantitative estimate of drug-likeness (QED) is 0.197. The van der Waals surface area contributed by atoms with Crippen LogP contribution in [-0.2, 0) is 0 Å². The van der Waals surface area contributed by atoms with E-state index in [9.17, 15) is 0 Å². The third-order valence-electron chi connectivity index (χ3n) is 8.90. The van der Waals surface area contributed by atoms with Gasteiger partial charge in [-0.2, -0.15) is 0 Å². The van der Waals surface area contributed by atoms with Crippen molar-refractivity contribution >= 4 is 32.6 Å². The number of para-hydroxylation sites is 2. The van der Waals surface area contributed by atoms with Crippen LogP contribution in [0.15, 0.2) is 170 Å². The third kappa shape index (κ3) is 4.66. The highest BCUT2D eigenvalue weighted by molar-refractivity contribution is 6.11. The van der Waals surface area contributed by atoms with Crippen molar-refractivity contribution in [3.63, 3.8) is 0 Å². The lowest BCUT2D eigenvalue weighted by molar-refractivity contribution is 1.18. The van der Waals surface area contributed by atoms with Crippen LogP contribution in [-0.4, -0.2) is 19.5 Å². The summed E-state index contributed by atoms with van der Waals surface area (Å²) in [5.74, 6) is 0.697. The van der Waals surface area contributed by atoms with Gasteiger partial charge in [0.25, 0.3) is 0 Å². The Morgan fingerprint density at radius 3 is 1.70 bits per heavy atom. The van der Waals surface area contributed by atoms with Crippen molar-refractivity contribution in [1.29, 1.82) is 0 Å². The molecule has 0 radical (unpaired) electrons. The molecule has 0 saturated carbocycles. The van der Waals surface area contributed by atoms with Gasteiger partial charge in [-0.25, -0.2) is 9.97 Å². The van der Waals surface area contributed by atoms with Gasteiger partial charge in [-0.15, -0.1) is 0 Å². The summed E-state index contributed by atoms with van der Waals surface area (Å²) in [7, 11) is 0. The van der Waals surface area contributed by atoms with Crippen LogP contribution in [0, 0.1) is 0 Å². The Kier molecular flexibility index (Phi) is 6.43. The SMILES string of the molecule is c1ccc(-c2nc(-c3ccc(-c4ccccn4)cc3)cc(-c3cccc4c(-n5c6ccccc6c6ccccc65)cccc34)n2)cc1. The molecule has 0 bridgehead atoms. The van der Waals surface area contributed by atoms with Crippen molar-refractivity contribution in [3.05, 3.63) is 170 Å². The molecule has 0 N–H and O–H groups in total. The minimum atomic E-state index is 0.697. The van der Waals surface area contributed by atoms with Crippen molar-refractivity contribution in [1.82, 2.24) is 19.5 Å². The summed E-state index contributed by atoms with van der Waals surface area (Å²) < 4.78 is 2.39. The summed E-state index contributed by atoms with van der Waals surface area (Å²) in [4.78, 5) is 14.8. The van der Waals surface area contributed by atoms with Crippen LogP contribution in [0.2, 0.25) is 0 Å². The van der Waals surface area contributed by atoms with E-state index in [-0.39, 0.29) is 0 Å². The predicted octanol–water partition coefficient (Wildman–Crippen LogP) is 10.8. The first-order chi connectivity index (χ1) is 23.3. The summed E-state index contributed by atoms with van der Waals surface area (Å²) in [6.45, 7) is 0. The maximum absolute atomic E-state index is 5.18. The van der Waals surface area contributed by atoms with Crippen molar-refractivity contribution in [2.24, 2.45) is 0 Å². The molecule has 0 spiro atoms. The lowest BCUT2D eigenvalue weighted by Gasteiger charge is -2.15. The first kappa shape index (κ1) is 27.0. The van der Waals surface area contributed by atoms with Gasteiger partial charge in [-0.3, -0.25) is 4.98 Å². The Labute approximate surface area is 272 Å². The molecule has 0 aliphatic rings. The van der Waals surface area contributed by atoms with E-state index in [0.29, 0.717) is 5.82 Å². The summed E-state index contributed by atoms with van der Waals surface area (Å²) in [5.41, 5.74) is 10.4. The van der Waals surface area contributed by atoms with E-state index in [2.05, 4.69) is 137 Å². The highest BCUT2D eigenvalue weighted by Gasteiger charge is 2.17. The van der Waals surface area contributed by atoms with E-state index < -0.39 is 0 Å². The first-order valence-electron chi connectivity index (χ1n) is 15.8. The Hall–Kier alpha value is -6.39. The molecule has 9 rings (SSSR count). The van der Waals surface area contributed by atoms with Gasteiger partial charge < -0.3 is 4.57 Å². The summed E-state index contributed by atoms with van der Waals surface area (Å²) >= 11 is 0. The van der Waals surface area contributed by atoms with Crippen molar-refractivity contribution in [2.75, 3.05) is 0 Å². The molecule has 3 aromatic heterocycles. The zero-order valence-electron chi connectivity index (χ0n) is 25.5. The topological polar surface area (TPSA) is 43.6 Å². The van der Waals surface area contributed by atoms with E-state index in [1.54, 1.807) is 0 Å². The van der Waals surface area contributed by atoms with Crippen molar-refractivity contribution < 1.29 is 0 Å². The zero-order chi connectivity index (χ0) is 31.2. The zero-order valence-corrected chi connectivity index (χ0v) is 25.5. The lowest BCUT2D eigenvalue weighted by atomic mass is 9.98. The second-order valence-electron chi connectivity index (χ2n) is 11.7. The number of hydrogen-bond donors (Lipinski definition) is 0. The largest absolute Gasteiger partial charge is 0.309 e. The average Bonchev–Trinajstić information content (AvgIpc) is 3.49. The molecule has 0 unspecified atom stereocenters. The Bertz CT molecular complexity index is 2500. The molecule has 0 aliphatic carbocycles.